The summed E-state index contributed by atoms with van der Waals surface area (Å²) < 4.78 is 11.1. The first kappa shape index (κ1) is 15.5. The molecule has 2 aliphatic heterocycles. The molecule has 1 aromatic rings. The van der Waals surface area contributed by atoms with Gasteiger partial charge >= 0.3 is 0 Å². The summed E-state index contributed by atoms with van der Waals surface area (Å²) in [5.41, 5.74) is 0.683. The molecular formula is C19H23NO4. The fourth-order valence-corrected chi connectivity index (χ4v) is 3.71. The SMILES string of the molecule is O=C(c1ccc2c(c1)OCCO2)C1CCN(C(=O)C2CCC2)CC1. The van der Waals surface area contributed by atoms with E-state index in [0.29, 0.717) is 49.3 Å². The molecule has 0 bridgehead atoms. The molecule has 5 heteroatoms. The zero-order valence-electron chi connectivity index (χ0n) is 13.8. The molecular weight excluding hydrogens is 306 g/mol. The van der Waals surface area contributed by atoms with E-state index in [1.165, 1.54) is 6.42 Å². The number of likely N-dealkylation sites (tertiary alicyclic amines) is 1. The van der Waals surface area contributed by atoms with Crippen LogP contribution < -0.4 is 9.47 Å². The highest BCUT2D eigenvalue weighted by molar-refractivity contribution is 5.98. The maximum atomic E-state index is 12.8. The summed E-state index contributed by atoms with van der Waals surface area (Å²) in [4.78, 5) is 27.0. The van der Waals surface area contributed by atoms with Crippen LogP contribution >= 0.6 is 0 Å². The molecule has 1 amide bonds. The Morgan fingerprint density at radius 2 is 1.62 bits per heavy atom. The quantitative estimate of drug-likeness (QED) is 0.800. The highest BCUT2D eigenvalue weighted by Crippen LogP contribution is 2.33. The Bertz CT molecular complexity index is 645. The standard InChI is InChI=1S/C19H23NO4/c21-18(15-4-5-16-17(12-15)24-11-10-23-16)13-6-8-20(9-7-13)19(22)14-2-1-3-14/h4-5,12-14H,1-3,6-11H2. The summed E-state index contributed by atoms with van der Waals surface area (Å²) in [6.45, 7) is 2.48. The summed E-state index contributed by atoms with van der Waals surface area (Å²) >= 11 is 0. The van der Waals surface area contributed by atoms with Crippen LogP contribution in [0.2, 0.25) is 0 Å². The van der Waals surface area contributed by atoms with Crippen molar-refractivity contribution in [3.8, 4) is 11.5 Å². The van der Waals surface area contributed by atoms with E-state index in [1.54, 1.807) is 6.07 Å². The number of carbonyl (C=O) groups is 2. The Balaban J connectivity index is 1.38. The molecule has 2 heterocycles. The third-order valence-electron chi connectivity index (χ3n) is 5.46. The van der Waals surface area contributed by atoms with E-state index in [2.05, 4.69) is 0 Å². The van der Waals surface area contributed by atoms with Crippen LogP contribution in [0.25, 0.3) is 0 Å². The van der Waals surface area contributed by atoms with Gasteiger partial charge in [0.15, 0.2) is 17.3 Å². The van der Waals surface area contributed by atoms with Crippen LogP contribution in [0.4, 0.5) is 0 Å². The van der Waals surface area contributed by atoms with Crippen LogP contribution in [-0.4, -0.2) is 42.9 Å². The molecule has 5 nitrogen and oxygen atoms in total. The second kappa shape index (κ2) is 6.46. The van der Waals surface area contributed by atoms with Crippen molar-refractivity contribution in [1.29, 1.82) is 0 Å². The molecule has 1 saturated carbocycles. The van der Waals surface area contributed by atoms with Crippen LogP contribution in [0.3, 0.4) is 0 Å². The highest BCUT2D eigenvalue weighted by atomic mass is 16.6. The Morgan fingerprint density at radius 3 is 2.29 bits per heavy atom. The molecule has 0 atom stereocenters. The maximum absolute atomic E-state index is 12.8. The highest BCUT2D eigenvalue weighted by Gasteiger charge is 2.33. The van der Waals surface area contributed by atoms with E-state index < -0.39 is 0 Å². The van der Waals surface area contributed by atoms with Crippen LogP contribution in [-0.2, 0) is 4.79 Å². The molecule has 0 radical (unpaired) electrons. The summed E-state index contributed by atoms with van der Waals surface area (Å²) in [5.74, 6) is 2.06. The number of benzene rings is 1. The van der Waals surface area contributed by atoms with Gasteiger partial charge < -0.3 is 14.4 Å². The zero-order valence-corrected chi connectivity index (χ0v) is 13.8. The third-order valence-corrected chi connectivity index (χ3v) is 5.46. The van der Waals surface area contributed by atoms with E-state index in [9.17, 15) is 9.59 Å². The van der Waals surface area contributed by atoms with Gasteiger partial charge in [-0.3, -0.25) is 9.59 Å². The average Bonchev–Trinajstić information content (AvgIpc) is 2.59. The molecule has 24 heavy (non-hydrogen) atoms. The molecule has 0 unspecified atom stereocenters. The van der Waals surface area contributed by atoms with Crippen molar-refractivity contribution in [1.82, 2.24) is 4.90 Å². The Hall–Kier alpha value is -2.04. The van der Waals surface area contributed by atoms with Gasteiger partial charge in [0.1, 0.15) is 13.2 Å². The zero-order chi connectivity index (χ0) is 16.5. The number of piperidine rings is 1. The van der Waals surface area contributed by atoms with E-state index in [1.807, 2.05) is 17.0 Å². The van der Waals surface area contributed by atoms with Crippen molar-refractivity contribution in [3.05, 3.63) is 23.8 Å². The lowest BCUT2D eigenvalue weighted by Gasteiger charge is -2.36. The second-order valence-corrected chi connectivity index (χ2v) is 6.95. The normalized spacial score (nSPS) is 21.2. The van der Waals surface area contributed by atoms with Crippen LogP contribution in [0.5, 0.6) is 11.5 Å². The topological polar surface area (TPSA) is 55.8 Å². The smallest absolute Gasteiger partial charge is 0.225 e. The van der Waals surface area contributed by atoms with E-state index in [-0.39, 0.29) is 17.6 Å². The van der Waals surface area contributed by atoms with E-state index in [4.69, 9.17) is 9.47 Å². The number of amides is 1. The first-order chi connectivity index (χ1) is 11.7. The van der Waals surface area contributed by atoms with Crippen molar-refractivity contribution >= 4 is 11.7 Å². The largest absolute Gasteiger partial charge is 0.486 e. The predicted octanol–water partition coefficient (Wildman–Crippen LogP) is 2.68. The average molecular weight is 329 g/mol. The lowest BCUT2D eigenvalue weighted by atomic mass is 9.83. The lowest BCUT2D eigenvalue weighted by Crippen LogP contribution is -2.44. The van der Waals surface area contributed by atoms with Crippen LogP contribution in [0.1, 0.15) is 42.5 Å². The Morgan fingerprint density at radius 1 is 0.917 bits per heavy atom. The predicted molar refractivity (Wildman–Crippen MR) is 88.4 cm³/mol. The second-order valence-electron chi connectivity index (χ2n) is 6.95. The van der Waals surface area contributed by atoms with Crippen molar-refractivity contribution in [2.45, 2.75) is 32.1 Å². The van der Waals surface area contributed by atoms with Gasteiger partial charge in [-0.2, -0.15) is 0 Å². The van der Waals surface area contributed by atoms with Crippen molar-refractivity contribution in [2.75, 3.05) is 26.3 Å². The number of ketones is 1. The van der Waals surface area contributed by atoms with Gasteiger partial charge in [-0.05, 0) is 43.9 Å². The van der Waals surface area contributed by atoms with Gasteiger partial charge in [0.25, 0.3) is 0 Å². The van der Waals surface area contributed by atoms with Crippen molar-refractivity contribution in [3.63, 3.8) is 0 Å². The molecule has 128 valence electrons. The van der Waals surface area contributed by atoms with E-state index in [0.717, 1.165) is 25.7 Å². The molecule has 3 aliphatic rings. The summed E-state index contributed by atoms with van der Waals surface area (Å²) in [5, 5.41) is 0. The molecule has 0 aromatic heterocycles. The number of nitrogens with zero attached hydrogens (tertiary/aromatic N) is 1. The molecule has 0 N–H and O–H groups in total. The van der Waals surface area contributed by atoms with Crippen molar-refractivity contribution in [2.24, 2.45) is 11.8 Å². The molecule has 4 rings (SSSR count). The number of rotatable bonds is 3. The minimum atomic E-state index is -0.00185. The number of hydrogen-bond acceptors (Lipinski definition) is 4. The third kappa shape index (κ3) is 2.87. The number of fused-ring (bicyclic) bond motifs is 1. The molecule has 1 saturated heterocycles. The minimum absolute atomic E-state index is 0.00185. The minimum Gasteiger partial charge on any atom is -0.486 e. The monoisotopic (exact) mass is 329 g/mol. The lowest BCUT2D eigenvalue weighted by molar-refractivity contribution is -0.139. The van der Waals surface area contributed by atoms with Gasteiger partial charge in [-0.1, -0.05) is 6.42 Å². The van der Waals surface area contributed by atoms with E-state index >= 15 is 0 Å². The fraction of sp³-hybridized carbons (Fsp3) is 0.579. The summed E-state index contributed by atoms with van der Waals surface area (Å²) in [7, 11) is 0. The Labute approximate surface area is 141 Å². The molecule has 1 aromatic carbocycles. The Kier molecular flexibility index (Phi) is 4.17. The van der Waals surface area contributed by atoms with Crippen LogP contribution in [0, 0.1) is 11.8 Å². The van der Waals surface area contributed by atoms with Gasteiger partial charge in [0.2, 0.25) is 5.91 Å². The van der Waals surface area contributed by atoms with Gasteiger partial charge in [-0.25, -0.2) is 0 Å². The molecule has 0 spiro atoms. The number of carbonyl (C=O) groups excluding carboxylic acids is 2. The summed E-state index contributed by atoms with van der Waals surface area (Å²) in [6, 6.07) is 5.43. The van der Waals surface area contributed by atoms with Crippen molar-refractivity contribution < 1.29 is 19.1 Å². The molecule has 2 fully saturated rings. The number of hydrogen-bond donors (Lipinski definition) is 0. The first-order valence-corrected chi connectivity index (χ1v) is 8.95. The van der Waals surface area contributed by atoms with Gasteiger partial charge in [0.05, 0.1) is 0 Å². The first-order valence-electron chi connectivity index (χ1n) is 8.95. The number of ether oxygens (including phenoxy) is 2. The molecule has 1 aliphatic carbocycles. The van der Waals surface area contributed by atoms with Gasteiger partial charge in [0, 0.05) is 30.5 Å². The summed E-state index contributed by atoms with van der Waals surface area (Å²) in [6.07, 6.45) is 4.76. The number of Topliss-reactive ketones (excluding diaryl/α,β-unsaturated/α-hetero) is 1. The van der Waals surface area contributed by atoms with Gasteiger partial charge in [-0.15, -0.1) is 0 Å². The fourth-order valence-electron chi connectivity index (χ4n) is 3.71. The van der Waals surface area contributed by atoms with Crippen LogP contribution in [0.15, 0.2) is 18.2 Å². The maximum Gasteiger partial charge on any atom is 0.225 e.